The summed E-state index contributed by atoms with van der Waals surface area (Å²) in [6.07, 6.45) is -4.90. The van der Waals surface area contributed by atoms with Gasteiger partial charge in [0.1, 0.15) is 11.6 Å². The number of ether oxygens (including phenoxy) is 1. The lowest BCUT2D eigenvalue weighted by Crippen LogP contribution is -2.28. The molecule has 0 atom stereocenters. The van der Waals surface area contributed by atoms with Crippen LogP contribution in [-0.4, -0.2) is 32.6 Å². The van der Waals surface area contributed by atoms with Crippen molar-refractivity contribution in [2.24, 2.45) is 0 Å². The van der Waals surface area contributed by atoms with Gasteiger partial charge in [-0.05, 0) is 48.0 Å². The zero-order valence-corrected chi connectivity index (χ0v) is 18.7. The molecule has 0 fully saturated rings. The van der Waals surface area contributed by atoms with Crippen LogP contribution in [0.3, 0.4) is 0 Å². The van der Waals surface area contributed by atoms with E-state index in [-0.39, 0.29) is 40.8 Å². The van der Waals surface area contributed by atoms with Gasteiger partial charge >= 0.3 is 6.36 Å². The highest BCUT2D eigenvalue weighted by Crippen LogP contribution is 2.27. The molecule has 0 saturated heterocycles. The Kier molecular flexibility index (Phi) is 7.45. The Morgan fingerprint density at radius 3 is 2.21 bits per heavy atom. The second-order valence-corrected chi connectivity index (χ2v) is 9.02. The number of anilines is 1. The average Bonchev–Trinajstić information content (AvgIpc) is 2.75. The fraction of sp³-hybridized carbons (Fsp3) is 0.174. The summed E-state index contributed by atoms with van der Waals surface area (Å²) in [6.45, 7) is -0.0966. The molecule has 3 aromatic rings. The molecular weight excluding hydrogens is 476 g/mol. The predicted octanol–water partition coefficient (Wildman–Crippen LogP) is 4.73. The molecule has 1 N–H and O–H groups in total. The first-order valence-electron chi connectivity index (χ1n) is 9.88. The first kappa shape index (κ1) is 25.0. The van der Waals surface area contributed by atoms with E-state index < -0.39 is 22.2 Å². The summed E-state index contributed by atoms with van der Waals surface area (Å²) < 4.78 is 81.9. The van der Waals surface area contributed by atoms with Crippen LogP contribution in [0, 0.1) is 5.82 Å². The quantitative estimate of drug-likeness (QED) is 0.458. The topological polar surface area (TPSA) is 75.7 Å². The largest absolute Gasteiger partial charge is 0.573 e. The first-order chi connectivity index (χ1) is 15.9. The summed E-state index contributed by atoms with van der Waals surface area (Å²) in [5.41, 5.74) is 1.01. The number of carbonyl (C=O) groups excluding carboxylic acids is 1. The van der Waals surface area contributed by atoms with Crippen LogP contribution in [0.1, 0.15) is 11.1 Å². The van der Waals surface area contributed by atoms with Gasteiger partial charge in [-0.2, -0.15) is 0 Å². The van der Waals surface area contributed by atoms with Gasteiger partial charge in [0.2, 0.25) is 5.91 Å². The van der Waals surface area contributed by atoms with Crippen LogP contribution >= 0.6 is 0 Å². The number of nitrogens with one attached hydrogen (secondary N) is 1. The van der Waals surface area contributed by atoms with E-state index in [2.05, 4.69) is 9.46 Å². The van der Waals surface area contributed by atoms with Gasteiger partial charge in [-0.1, -0.05) is 30.3 Å². The SMILES string of the molecule is CN(Cc1ccccc1OC(F)(F)F)C(=O)Cc1ccc(NS(=O)(=O)c2ccc(F)cc2)cc1. The third-order valence-corrected chi connectivity index (χ3v) is 6.11. The third-order valence-electron chi connectivity index (χ3n) is 4.72. The van der Waals surface area contributed by atoms with E-state index >= 15 is 0 Å². The summed E-state index contributed by atoms with van der Waals surface area (Å²) in [6, 6.07) is 15.9. The standard InChI is InChI=1S/C23H20F4N2O4S/c1-29(15-17-4-2-3-5-21(17)33-23(25,26)27)22(30)14-16-6-10-19(11-7-16)28-34(31,32)20-12-8-18(24)9-13-20/h2-13,28H,14-15H2,1H3. The Balaban J connectivity index is 1.62. The number of rotatable bonds is 8. The number of likely N-dealkylation sites (N-methyl/N-ethyl adjacent to an activating group) is 1. The smallest absolute Gasteiger partial charge is 0.405 e. The molecule has 0 heterocycles. The Hall–Kier alpha value is -3.60. The number of benzene rings is 3. The average molecular weight is 496 g/mol. The zero-order chi connectivity index (χ0) is 24.9. The fourth-order valence-electron chi connectivity index (χ4n) is 3.03. The maximum Gasteiger partial charge on any atom is 0.573 e. The fourth-order valence-corrected chi connectivity index (χ4v) is 4.09. The molecule has 11 heteroatoms. The Labute approximate surface area is 193 Å². The lowest BCUT2D eigenvalue weighted by Gasteiger charge is -2.20. The van der Waals surface area contributed by atoms with Crippen molar-refractivity contribution in [2.75, 3.05) is 11.8 Å². The minimum Gasteiger partial charge on any atom is -0.405 e. The van der Waals surface area contributed by atoms with Gasteiger partial charge in [0.15, 0.2) is 0 Å². The van der Waals surface area contributed by atoms with Crippen molar-refractivity contribution in [3.8, 4) is 5.75 Å². The molecule has 6 nitrogen and oxygen atoms in total. The third kappa shape index (κ3) is 6.95. The Bertz CT molecular complexity index is 1250. The molecule has 180 valence electrons. The predicted molar refractivity (Wildman–Crippen MR) is 117 cm³/mol. The number of halogens is 4. The Morgan fingerprint density at radius 2 is 1.59 bits per heavy atom. The minimum atomic E-state index is -4.85. The van der Waals surface area contributed by atoms with Crippen molar-refractivity contribution in [1.29, 1.82) is 0 Å². The number of sulfonamides is 1. The van der Waals surface area contributed by atoms with E-state index in [0.717, 1.165) is 24.3 Å². The monoisotopic (exact) mass is 496 g/mol. The lowest BCUT2D eigenvalue weighted by molar-refractivity contribution is -0.275. The molecule has 0 aromatic heterocycles. The van der Waals surface area contributed by atoms with Crippen LogP contribution in [0.25, 0.3) is 0 Å². The van der Waals surface area contributed by atoms with Gasteiger partial charge in [-0.25, -0.2) is 12.8 Å². The number of para-hydroxylation sites is 1. The molecule has 0 saturated carbocycles. The van der Waals surface area contributed by atoms with Gasteiger partial charge in [0, 0.05) is 24.8 Å². The highest BCUT2D eigenvalue weighted by atomic mass is 32.2. The number of hydrogen-bond donors (Lipinski definition) is 1. The van der Waals surface area contributed by atoms with Crippen LogP contribution in [-0.2, 0) is 27.8 Å². The second-order valence-electron chi connectivity index (χ2n) is 7.34. The molecule has 0 bridgehead atoms. The number of amides is 1. The van der Waals surface area contributed by atoms with Gasteiger partial charge in [-0.3, -0.25) is 9.52 Å². The zero-order valence-electron chi connectivity index (χ0n) is 17.8. The highest BCUT2D eigenvalue weighted by molar-refractivity contribution is 7.92. The first-order valence-corrected chi connectivity index (χ1v) is 11.4. The van der Waals surface area contributed by atoms with Crippen LogP contribution in [0.4, 0.5) is 23.2 Å². The van der Waals surface area contributed by atoms with E-state index in [9.17, 15) is 30.8 Å². The maximum absolute atomic E-state index is 13.0. The molecule has 34 heavy (non-hydrogen) atoms. The van der Waals surface area contributed by atoms with E-state index in [1.165, 1.54) is 42.3 Å². The van der Waals surface area contributed by atoms with Crippen molar-refractivity contribution in [2.45, 2.75) is 24.2 Å². The minimum absolute atomic E-state index is 0.0518. The molecule has 0 spiro atoms. The van der Waals surface area contributed by atoms with Crippen LogP contribution in [0.15, 0.2) is 77.7 Å². The lowest BCUT2D eigenvalue weighted by atomic mass is 10.1. The van der Waals surface area contributed by atoms with E-state index in [1.54, 1.807) is 18.2 Å². The van der Waals surface area contributed by atoms with Crippen LogP contribution in [0.5, 0.6) is 5.75 Å². The summed E-state index contributed by atoms with van der Waals surface area (Å²) in [4.78, 5) is 13.7. The van der Waals surface area contributed by atoms with Crippen molar-refractivity contribution < 1.29 is 35.5 Å². The molecule has 1 amide bonds. The molecule has 0 aliphatic heterocycles. The van der Waals surface area contributed by atoms with Gasteiger partial charge in [0.05, 0.1) is 11.3 Å². The maximum atomic E-state index is 13.0. The van der Waals surface area contributed by atoms with E-state index in [0.29, 0.717) is 5.56 Å². The number of alkyl halides is 3. The summed E-state index contributed by atoms with van der Waals surface area (Å²) in [5, 5.41) is 0. The second kappa shape index (κ2) is 10.1. The molecule has 0 aliphatic carbocycles. The van der Waals surface area contributed by atoms with Crippen LogP contribution < -0.4 is 9.46 Å². The number of hydrogen-bond acceptors (Lipinski definition) is 4. The van der Waals surface area contributed by atoms with Crippen molar-refractivity contribution in [3.63, 3.8) is 0 Å². The number of nitrogens with zero attached hydrogens (tertiary/aromatic N) is 1. The molecule has 0 aliphatic rings. The van der Waals surface area contributed by atoms with E-state index in [4.69, 9.17) is 0 Å². The number of carbonyl (C=O) groups is 1. The van der Waals surface area contributed by atoms with Crippen molar-refractivity contribution in [3.05, 3.63) is 89.7 Å². The summed E-state index contributed by atoms with van der Waals surface area (Å²) in [7, 11) is -2.46. The summed E-state index contributed by atoms with van der Waals surface area (Å²) >= 11 is 0. The molecule has 3 rings (SSSR count). The van der Waals surface area contributed by atoms with Gasteiger partial charge in [-0.15, -0.1) is 13.2 Å². The van der Waals surface area contributed by atoms with Gasteiger partial charge in [0.25, 0.3) is 10.0 Å². The van der Waals surface area contributed by atoms with Crippen LogP contribution in [0.2, 0.25) is 0 Å². The summed E-state index contributed by atoms with van der Waals surface area (Å²) in [5.74, 6) is -1.30. The molecule has 0 unspecified atom stereocenters. The Morgan fingerprint density at radius 1 is 0.971 bits per heavy atom. The normalized spacial score (nSPS) is 11.7. The van der Waals surface area contributed by atoms with Crippen molar-refractivity contribution in [1.82, 2.24) is 4.90 Å². The molecular formula is C23H20F4N2O4S. The van der Waals surface area contributed by atoms with Crippen molar-refractivity contribution >= 4 is 21.6 Å². The molecule has 3 aromatic carbocycles. The van der Waals surface area contributed by atoms with E-state index in [1.807, 2.05) is 0 Å². The highest BCUT2D eigenvalue weighted by Gasteiger charge is 2.32. The molecule has 0 radical (unpaired) electrons. The van der Waals surface area contributed by atoms with Gasteiger partial charge < -0.3 is 9.64 Å².